The number of anilines is 2. The molecule has 1 amide bonds. The molecule has 7 heteroatoms. The zero-order chi connectivity index (χ0) is 23.8. The number of amides is 1. The lowest BCUT2D eigenvalue weighted by atomic mass is 10.00. The van der Waals surface area contributed by atoms with E-state index in [0.29, 0.717) is 17.6 Å². The summed E-state index contributed by atoms with van der Waals surface area (Å²) in [6.45, 7) is 1.82. The van der Waals surface area contributed by atoms with Crippen molar-refractivity contribution in [1.82, 2.24) is 20.6 Å². The van der Waals surface area contributed by atoms with Gasteiger partial charge in [-0.3, -0.25) is 4.79 Å². The molecule has 0 saturated heterocycles. The number of nitrogens with one attached hydrogen (secondary N) is 3. The molecule has 1 fully saturated rings. The normalized spacial score (nSPS) is 14.9. The van der Waals surface area contributed by atoms with Crippen molar-refractivity contribution in [1.29, 1.82) is 0 Å². The molecular weight excluding hydrogens is 438 g/mol. The van der Waals surface area contributed by atoms with E-state index in [9.17, 15) is 4.79 Å². The van der Waals surface area contributed by atoms with Gasteiger partial charge in [0.15, 0.2) is 0 Å². The second-order valence-electron chi connectivity index (χ2n) is 9.17. The molecule has 3 N–H and O–H groups in total. The summed E-state index contributed by atoms with van der Waals surface area (Å²) in [5.41, 5.74) is 6.89. The maximum absolute atomic E-state index is 12.5. The fourth-order valence-electron chi connectivity index (χ4n) is 4.50. The van der Waals surface area contributed by atoms with Gasteiger partial charge < -0.3 is 20.7 Å². The first-order chi connectivity index (χ1) is 17.2. The van der Waals surface area contributed by atoms with Gasteiger partial charge in [-0.05, 0) is 78.4 Å². The predicted octanol–water partition coefficient (Wildman–Crippen LogP) is 4.59. The van der Waals surface area contributed by atoms with Crippen molar-refractivity contribution in [3.8, 4) is 16.9 Å². The van der Waals surface area contributed by atoms with E-state index in [-0.39, 0.29) is 5.91 Å². The smallest absolute Gasteiger partial charge is 0.251 e. The maximum atomic E-state index is 12.5. The van der Waals surface area contributed by atoms with Crippen molar-refractivity contribution in [2.75, 3.05) is 19.0 Å². The zero-order valence-electron chi connectivity index (χ0n) is 19.6. The van der Waals surface area contributed by atoms with E-state index in [0.717, 1.165) is 65.8 Å². The van der Waals surface area contributed by atoms with Crippen molar-refractivity contribution in [2.45, 2.75) is 31.8 Å². The van der Waals surface area contributed by atoms with E-state index >= 15 is 0 Å². The number of ether oxygens (including phenoxy) is 1. The Morgan fingerprint density at radius 3 is 2.80 bits per heavy atom. The number of nitrogens with zero attached hydrogens (tertiary/aromatic N) is 2. The van der Waals surface area contributed by atoms with Crippen LogP contribution in [0.25, 0.3) is 22.0 Å². The number of hydrogen-bond acceptors (Lipinski definition) is 6. The molecule has 1 aromatic heterocycles. The third-order valence-corrected chi connectivity index (χ3v) is 6.61. The van der Waals surface area contributed by atoms with E-state index in [1.165, 1.54) is 11.1 Å². The number of fused-ring (bicyclic) bond motifs is 2. The molecule has 0 unspecified atom stereocenters. The van der Waals surface area contributed by atoms with Crippen LogP contribution < -0.4 is 20.7 Å². The topological polar surface area (TPSA) is 88.2 Å². The number of carbonyl (C=O) groups is 1. The SMILES string of the molecule is COc1cc2c(cc1Nc1ncc3ccc(-c4cccc(C(=O)NC5CC5)c4)cc3n1)CNCC2. The highest BCUT2D eigenvalue weighted by Gasteiger charge is 2.23. The van der Waals surface area contributed by atoms with Crippen LogP contribution in [0.5, 0.6) is 5.75 Å². The van der Waals surface area contributed by atoms with Gasteiger partial charge in [-0.2, -0.15) is 0 Å². The fraction of sp³-hybridized carbons (Fsp3) is 0.250. The summed E-state index contributed by atoms with van der Waals surface area (Å²) in [5, 5.41) is 10.8. The largest absolute Gasteiger partial charge is 0.495 e. The zero-order valence-corrected chi connectivity index (χ0v) is 19.6. The van der Waals surface area contributed by atoms with Crippen LogP contribution in [0, 0.1) is 0 Å². The average molecular weight is 466 g/mol. The molecule has 7 nitrogen and oxygen atoms in total. The Kier molecular flexibility index (Phi) is 5.54. The highest BCUT2D eigenvalue weighted by atomic mass is 16.5. The first-order valence-electron chi connectivity index (χ1n) is 12.0. The van der Waals surface area contributed by atoms with Gasteiger partial charge >= 0.3 is 0 Å². The van der Waals surface area contributed by atoms with Crippen LogP contribution in [0.15, 0.2) is 60.8 Å². The molecule has 0 radical (unpaired) electrons. The molecule has 4 aromatic rings. The molecule has 0 bridgehead atoms. The Morgan fingerprint density at radius 2 is 1.94 bits per heavy atom. The van der Waals surface area contributed by atoms with E-state index in [1.807, 2.05) is 48.7 Å². The minimum Gasteiger partial charge on any atom is -0.495 e. The summed E-state index contributed by atoms with van der Waals surface area (Å²) in [4.78, 5) is 21.8. The molecule has 1 aliphatic heterocycles. The Morgan fingerprint density at radius 1 is 1.06 bits per heavy atom. The monoisotopic (exact) mass is 465 g/mol. The van der Waals surface area contributed by atoms with Crippen molar-refractivity contribution < 1.29 is 9.53 Å². The highest BCUT2D eigenvalue weighted by Crippen LogP contribution is 2.32. The summed E-state index contributed by atoms with van der Waals surface area (Å²) < 4.78 is 5.64. The molecule has 2 aliphatic rings. The van der Waals surface area contributed by atoms with E-state index in [4.69, 9.17) is 9.72 Å². The highest BCUT2D eigenvalue weighted by molar-refractivity contribution is 5.96. The van der Waals surface area contributed by atoms with Crippen LogP contribution in [0.3, 0.4) is 0 Å². The first-order valence-corrected chi connectivity index (χ1v) is 12.0. The number of aromatic nitrogens is 2. The summed E-state index contributed by atoms with van der Waals surface area (Å²) >= 11 is 0. The van der Waals surface area contributed by atoms with Crippen molar-refractivity contribution in [3.05, 3.63) is 77.5 Å². The molecule has 1 aliphatic carbocycles. The van der Waals surface area contributed by atoms with Crippen LogP contribution in [-0.2, 0) is 13.0 Å². The molecule has 176 valence electrons. The Hall–Kier alpha value is -3.97. The van der Waals surface area contributed by atoms with Gasteiger partial charge in [0.25, 0.3) is 5.91 Å². The molecule has 0 spiro atoms. The Balaban J connectivity index is 1.30. The van der Waals surface area contributed by atoms with Gasteiger partial charge in [-0.15, -0.1) is 0 Å². The molecule has 6 rings (SSSR count). The van der Waals surface area contributed by atoms with Gasteiger partial charge in [0.2, 0.25) is 5.95 Å². The van der Waals surface area contributed by atoms with Crippen LogP contribution in [-0.4, -0.2) is 35.6 Å². The lowest BCUT2D eigenvalue weighted by Crippen LogP contribution is -2.25. The predicted molar refractivity (Wildman–Crippen MR) is 137 cm³/mol. The van der Waals surface area contributed by atoms with Gasteiger partial charge in [0.05, 0.1) is 18.3 Å². The number of rotatable bonds is 6. The standard InChI is InChI=1S/C28H27N5O2/c1-35-26-14-19-9-10-29-15-22(19)13-25(26)33-28-30-16-21-6-5-18(12-24(21)32-28)17-3-2-4-20(11-17)27(34)31-23-7-8-23/h2-6,11-14,16,23,29H,7-10,15H2,1H3,(H,31,34)(H,30,32,33). The number of hydrogen-bond donors (Lipinski definition) is 3. The van der Waals surface area contributed by atoms with Gasteiger partial charge in [0, 0.05) is 29.7 Å². The second kappa shape index (κ2) is 9.00. The van der Waals surface area contributed by atoms with E-state index < -0.39 is 0 Å². The molecule has 2 heterocycles. The van der Waals surface area contributed by atoms with Gasteiger partial charge in [0.1, 0.15) is 5.75 Å². The molecule has 3 aromatic carbocycles. The van der Waals surface area contributed by atoms with Gasteiger partial charge in [-0.1, -0.05) is 24.3 Å². The molecule has 35 heavy (non-hydrogen) atoms. The van der Waals surface area contributed by atoms with E-state index in [1.54, 1.807) is 7.11 Å². The summed E-state index contributed by atoms with van der Waals surface area (Å²) in [6, 6.07) is 18.4. The molecule has 1 saturated carbocycles. The Labute approximate surface area is 203 Å². The van der Waals surface area contributed by atoms with Crippen molar-refractivity contribution in [3.63, 3.8) is 0 Å². The molecule has 0 atom stereocenters. The van der Waals surface area contributed by atoms with Crippen molar-refractivity contribution >= 4 is 28.4 Å². The van der Waals surface area contributed by atoms with Crippen LogP contribution in [0.2, 0.25) is 0 Å². The lowest BCUT2D eigenvalue weighted by molar-refractivity contribution is 0.0951. The molecular formula is C28H27N5O2. The minimum absolute atomic E-state index is 0.0156. The van der Waals surface area contributed by atoms with Crippen LogP contribution in [0.1, 0.15) is 34.3 Å². The summed E-state index contributed by atoms with van der Waals surface area (Å²) in [6.07, 6.45) is 4.95. The lowest BCUT2D eigenvalue weighted by Gasteiger charge is -2.20. The third kappa shape index (κ3) is 4.55. The average Bonchev–Trinajstić information content (AvgIpc) is 3.72. The fourth-order valence-corrected chi connectivity index (χ4v) is 4.50. The van der Waals surface area contributed by atoms with Crippen molar-refractivity contribution in [2.24, 2.45) is 0 Å². The number of methoxy groups -OCH3 is 1. The maximum Gasteiger partial charge on any atom is 0.251 e. The first kappa shape index (κ1) is 21.6. The Bertz CT molecular complexity index is 1430. The van der Waals surface area contributed by atoms with E-state index in [2.05, 4.69) is 33.1 Å². The summed E-state index contributed by atoms with van der Waals surface area (Å²) in [7, 11) is 1.68. The quantitative estimate of drug-likeness (QED) is 0.386. The minimum atomic E-state index is -0.0156. The summed E-state index contributed by atoms with van der Waals surface area (Å²) in [5.74, 6) is 1.27. The second-order valence-corrected chi connectivity index (χ2v) is 9.17. The number of benzene rings is 3. The number of carbonyl (C=O) groups excluding carboxylic acids is 1. The van der Waals surface area contributed by atoms with Crippen LogP contribution >= 0.6 is 0 Å². The third-order valence-electron chi connectivity index (χ3n) is 6.61. The van der Waals surface area contributed by atoms with Gasteiger partial charge in [-0.25, -0.2) is 9.97 Å². The van der Waals surface area contributed by atoms with Crippen LogP contribution in [0.4, 0.5) is 11.6 Å².